The van der Waals surface area contributed by atoms with Gasteiger partial charge in [-0.25, -0.2) is 13.4 Å². The molecule has 18 nitrogen and oxygen atoms in total. The van der Waals surface area contributed by atoms with Gasteiger partial charge < -0.3 is 20.6 Å². The predicted molar refractivity (Wildman–Crippen MR) is 225 cm³/mol. The number of pyridine rings is 1. The fourth-order valence-corrected chi connectivity index (χ4v) is 11.2. The Kier molecular flexibility index (Phi) is 10.5. The molecule has 9 rings (SSSR count). The predicted octanol–water partition coefficient (Wildman–Crippen LogP) is 2.92. The normalized spacial score (nSPS) is 24.1. The van der Waals surface area contributed by atoms with Crippen molar-refractivity contribution in [3.05, 3.63) is 82.3 Å². The van der Waals surface area contributed by atoms with Crippen LogP contribution >= 0.6 is 0 Å². The van der Waals surface area contributed by atoms with Gasteiger partial charge in [0.15, 0.2) is 0 Å². The number of aromatic nitrogens is 3. The maximum atomic E-state index is 13.8. The van der Waals surface area contributed by atoms with Gasteiger partial charge in [-0.2, -0.15) is 9.29 Å². The minimum Gasteiger partial charge on any atom is -0.388 e. The SMILES string of the molecule is C[C@@]1(O)CCC[C@@H]1n1c(=O)ccc2cnc(Nc3ccc(S(=O)(=O)N4CCC5(CCN(C(=O)CNc6cccc7c6C(=O)N(C6CCC(=O)NC6=O)C7=O)CC5)CC4)cc3)nc21. The van der Waals surface area contributed by atoms with Gasteiger partial charge in [0.05, 0.1) is 34.2 Å². The van der Waals surface area contributed by atoms with Crippen LogP contribution < -0.4 is 21.5 Å². The Labute approximate surface area is 356 Å². The van der Waals surface area contributed by atoms with Gasteiger partial charge in [-0.05, 0) is 106 Å². The van der Waals surface area contributed by atoms with Gasteiger partial charge in [0, 0.05) is 61.6 Å². The van der Waals surface area contributed by atoms with E-state index in [0.717, 1.165) is 11.3 Å². The van der Waals surface area contributed by atoms with Crippen LogP contribution in [-0.2, 0) is 24.4 Å². The van der Waals surface area contributed by atoms with Crippen molar-refractivity contribution in [2.45, 2.75) is 87.3 Å². The highest BCUT2D eigenvalue weighted by Gasteiger charge is 2.46. The van der Waals surface area contributed by atoms with Crippen LogP contribution in [0.15, 0.2) is 70.5 Å². The van der Waals surface area contributed by atoms with Crippen molar-refractivity contribution in [1.29, 1.82) is 0 Å². The number of hydrogen-bond donors (Lipinski definition) is 4. The second-order valence-electron chi connectivity index (χ2n) is 17.2. The number of fused-ring (bicyclic) bond motifs is 2. The van der Waals surface area contributed by atoms with E-state index in [1.807, 2.05) is 0 Å². The standard InChI is InChI=1S/C43H47N9O9S/c1-42(59)15-3-6-32(42)52-34(54)14-7-26-24-45-41(48-37(26)52)46-27-8-10-28(11-9-27)62(60,61)50-22-18-43(19-23-50)16-20-49(21-17-43)35(55)25-44-30-5-2-4-29-36(30)40(58)51(39(29)57)31-12-13-33(53)47-38(31)56/h2,4-5,7-11,14,24,31-32,44,59H,3,6,12-13,15-23,25H2,1H3,(H,45,46,48)(H,47,53,56)/t31?,32-,42+/m0/s1. The first-order chi connectivity index (χ1) is 29.6. The minimum absolute atomic E-state index is 0.0121. The third kappa shape index (κ3) is 7.40. The van der Waals surface area contributed by atoms with Crippen LogP contribution in [0.4, 0.5) is 17.3 Å². The molecule has 1 aliphatic carbocycles. The first-order valence-electron chi connectivity index (χ1n) is 21.0. The van der Waals surface area contributed by atoms with Crippen molar-refractivity contribution < 1.29 is 37.5 Å². The number of carbonyl (C=O) groups is 5. The van der Waals surface area contributed by atoms with Crippen molar-refractivity contribution in [3.8, 4) is 0 Å². The Bertz CT molecular complexity index is 2680. The summed E-state index contributed by atoms with van der Waals surface area (Å²) in [5, 5.41) is 20.0. The maximum Gasteiger partial charge on any atom is 0.264 e. The van der Waals surface area contributed by atoms with Crippen molar-refractivity contribution >= 4 is 67.9 Å². The van der Waals surface area contributed by atoms with Gasteiger partial charge in [0.2, 0.25) is 33.7 Å². The Hall–Kier alpha value is -6.05. The molecule has 4 aromatic rings. The molecule has 0 radical (unpaired) electrons. The first-order valence-corrected chi connectivity index (χ1v) is 22.4. The van der Waals surface area contributed by atoms with Crippen molar-refractivity contribution in [1.82, 2.24) is 34.0 Å². The lowest BCUT2D eigenvalue weighted by atomic mass is 9.71. The molecule has 1 unspecified atom stereocenters. The zero-order valence-corrected chi connectivity index (χ0v) is 34.9. The van der Waals surface area contributed by atoms with Crippen molar-refractivity contribution in [3.63, 3.8) is 0 Å². The molecule has 3 atom stereocenters. The third-order valence-corrected chi connectivity index (χ3v) is 15.4. The van der Waals surface area contributed by atoms with Gasteiger partial charge in [-0.3, -0.25) is 43.6 Å². The Morgan fingerprint density at radius 1 is 0.903 bits per heavy atom. The smallest absolute Gasteiger partial charge is 0.264 e. The molecular formula is C43H47N9O9S. The van der Waals surface area contributed by atoms with Gasteiger partial charge in [0.25, 0.3) is 17.4 Å². The molecule has 4 N–H and O–H groups in total. The number of rotatable bonds is 9. The molecular weight excluding hydrogens is 819 g/mol. The Balaban J connectivity index is 0.781. The van der Waals surface area contributed by atoms with Crippen molar-refractivity contribution in [2.24, 2.45) is 5.41 Å². The molecule has 0 bridgehead atoms. The summed E-state index contributed by atoms with van der Waals surface area (Å²) >= 11 is 0. The highest BCUT2D eigenvalue weighted by Crippen LogP contribution is 2.43. The van der Waals surface area contributed by atoms with Crippen LogP contribution in [0, 0.1) is 5.41 Å². The summed E-state index contributed by atoms with van der Waals surface area (Å²) in [5.74, 6) is -2.39. The van der Waals surface area contributed by atoms with Crippen LogP contribution in [0.3, 0.4) is 0 Å². The van der Waals surface area contributed by atoms with E-state index in [-0.39, 0.29) is 58.2 Å². The average Bonchev–Trinajstić information content (AvgIpc) is 3.73. The van der Waals surface area contributed by atoms with E-state index in [2.05, 4.69) is 25.9 Å². The van der Waals surface area contributed by atoms with E-state index in [4.69, 9.17) is 0 Å². The summed E-state index contributed by atoms with van der Waals surface area (Å²) in [6.45, 7) is 3.30. The maximum absolute atomic E-state index is 13.8. The quantitative estimate of drug-likeness (QED) is 0.178. The van der Waals surface area contributed by atoms with E-state index >= 15 is 0 Å². The molecule has 5 aliphatic rings. The summed E-state index contributed by atoms with van der Waals surface area (Å²) in [4.78, 5) is 89.0. The van der Waals surface area contributed by atoms with Gasteiger partial charge in [-0.15, -0.1) is 0 Å². The van der Waals surface area contributed by atoms with E-state index in [1.54, 1.807) is 65.1 Å². The zero-order chi connectivity index (χ0) is 43.6. The van der Waals surface area contributed by atoms with E-state index in [0.29, 0.717) is 87.1 Å². The molecule has 2 aromatic heterocycles. The third-order valence-electron chi connectivity index (χ3n) is 13.5. The van der Waals surface area contributed by atoms with Crippen molar-refractivity contribution in [2.75, 3.05) is 43.4 Å². The number of hydrogen-bond acceptors (Lipinski definition) is 13. The molecule has 1 saturated carbocycles. The van der Waals surface area contributed by atoms with E-state index < -0.39 is 51.3 Å². The number of nitrogens with zero attached hydrogens (tertiary/aromatic N) is 6. The number of aliphatic hydroxyl groups is 1. The number of piperidine rings is 3. The van der Waals surface area contributed by atoms with E-state index in [9.17, 15) is 42.3 Å². The molecule has 1 spiro atoms. The topological polar surface area (TPSA) is 233 Å². The lowest BCUT2D eigenvalue weighted by Gasteiger charge is -2.46. The highest BCUT2D eigenvalue weighted by molar-refractivity contribution is 7.89. The largest absolute Gasteiger partial charge is 0.388 e. The van der Waals surface area contributed by atoms with Crippen LogP contribution in [-0.4, -0.2) is 116 Å². The number of imide groups is 2. The van der Waals surface area contributed by atoms with E-state index in [1.165, 1.54) is 16.4 Å². The summed E-state index contributed by atoms with van der Waals surface area (Å²) < 4.78 is 30.6. The van der Waals surface area contributed by atoms with Crippen LogP contribution in [0.5, 0.6) is 0 Å². The number of anilines is 3. The lowest BCUT2D eigenvalue weighted by molar-refractivity contribution is -0.136. The zero-order valence-electron chi connectivity index (χ0n) is 34.1. The molecule has 324 valence electrons. The van der Waals surface area contributed by atoms with Crippen LogP contribution in [0.2, 0.25) is 0 Å². The van der Waals surface area contributed by atoms with Gasteiger partial charge >= 0.3 is 0 Å². The fraction of sp³-hybridized carbons (Fsp3) is 0.442. The number of carbonyl (C=O) groups excluding carboxylic acids is 5. The molecule has 4 aliphatic heterocycles. The summed E-state index contributed by atoms with van der Waals surface area (Å²) in [5.41, 5.74) is 0.0801. The Morgan fingerprint density at radius 2 is 1.63 bits per heavy atom. The Morgan fingerprint density at radius 3 is 2.32 bits per heavy atom. The van der Waals surface area contributed by atoms with Gasteiger partial charge in [0.1, 0.15) is 11.7 Å². The molecule has 6 heterocycles. The molecule has 5 amide bonds. The first kappa shape index (κ1) is 41.3. The second-order valence-corrected chi connectivity index (χ2v) is 19.2. The van der Waals surface area contributed by atoms with Gasteiger partial charge in [-0.1, -0.05) is 6.07 Å². The lowest BCUT2D eigenvalue weighted by Crippen LogP contribution is -2.54. The highest BCUT2D eigenvalue weighted by atomic mass is 32.2. The fourth-order valence-electron chi connectivity index (χ4n) is 9.80. The molecule has 2 aromatic carbocycles. The minimum atomic E-state index is -3.79. The molecule has 3 saturated heterocycles. The number of nitrogens with one attached hydrogen (secondary N) is 3. The summed E-state index contributed by atoms with van der Waals surface area (Å²) in [7, 11) is -3.79. The molecule has 62 heavy (non-hydrogen) atoms. The van der Waals surface area contributed by atoms with Crippen LogP contribution in [0.25, 0.3) is 11.0 Å². The molecule has 4 fully saturated rings. The summed E-state index contributed by atoms with van der Waals surface area (Å²) in [6.07, 6.45) is 6.43. The number of likely N-dealkylation sites (tertiary alicyclic amines) is 1. The number of amides is 5. The average molecular weight is 866 g/mol. The summed E-state index contributed by atoms with van der Waals surface area (Å²) in [6, 6.07) is 12.7. The molecule has 19 heteroatoms. The monoisotopic (exact) mass is 865 g/mol. The number of sulfonamides is 1. The number of benzene rings is 2. The van der Waals surface area contributed by atoms with Crippen LogP contribution in [0.1, 0.15) is 91.5 Å². The second kappa shape index (κ2) is 15.7.